The fourth-order valence-corrected chi connectivity index (χ4v) is 3.08. The predicted molar refractivity (Wildman–Crippen MR) is 98.4 cm³/mol. The number of hydrogen-bond donors (Lipinski definition) is 2. The summed E-state index contributed by atoms with van der Waals surface area (Å²) in [5, 5.41) is 23.9. The molecular formula is C20H17N3O4. The van der Waals surface area contributed by atoms with Crippen molar-refractivity contribution in [2.75, 3.05) is 0 Å². The Morgan fingerprint density at radius 1 is 1.19 bits per heavy atom. The molecule has 0 fully saturated rings. The summed E-state index contributed by atoms with van der Waals surface area (Å²) in [7, 11) is 0. The number of carbonyl (C=O) groups is 1. The molecule has 0 aliphatic rings. The van der Waals surface area contributed by atoms with Crippen LogP contribution in [0.1, 0.15) is 27.2 Å². The monoisotopic (exact) mass is 363 g/mol. The smallest absolute Gasteiger partial charge is 0.336 e. The van der Waals surface area contributed by atoms with Gasteiger partial charge in [0.05, 0.1) is 30.4 Å². The first kappa shape index (κ1) is 17.0. The van der Waals surface area contributed by atoms with Crippen LogP contribution in [0.15, 0.2) is 53.1 Å². The number of aromatic nitrogens is 3. The molecule has 0 bridgehead atoms. The van der Waals surface area contributed by atoms with E-state index in [0.29, 0.717) is 29.0 Å². The molecule has 0 radical (unpaired) electrons. The summed E-state index contributed by atoms with van der Waals surface area (Å²) in [5.74, 6) is -0.545. The second-order valence-electron chi connectivity index (χ2n) is 6.25. The molecule has 0 aliphatic heterocycles. The van der Waals surface area contributed by atoms with Crippen molar-refractivity contribution < 1.29 is 19.4 Å². The zero-order valence-electron chi connectivity index (χ0n) is 14.6. The number of rotatable bonds is 5. The van der Waals surface area contributed by atoms with E-state index >= 15 is 0 Å². The lowest BCUT2D eigenvalue weighted by molar-refractivity contribution is 0.0699. The van der Waals surface area contributed by atoms with Gasteiger partial charge in [-0.25, -0.2) is 9.78 Å². The SMILES string of the molecule is Cc1c2c(C(=O)O)cc(-c3ccco3)nc2nn1Cc1ccc(CO)cc1. The van der Waals surface area contributed by atoms with Crippen molar-refractivity contribution in [3.8, 4) is 11.5 Å². The van der Waals surface area contributed by atoms with Crippen LogP contribution in [0.25, 0.3) is 22.5 Å². The molecule has 0 spiro atoms. The standard InChI is InChI=1S/C20H17N3O4/c1-12-18-15(20(25)26)9-16(17-3-2-8-27-17)21-19(18)22-23(12)10-13-4-6-14(11-24)7-5-13/h2-9,24H,10-11H2,1H3,(H,25,26). The van der Waals surface area contributed by atoms with Gasteiger partial charge in [0.15, 0.2) is 11.4 Å². The molecule has 0 saturated carbocycles. The molecule has 2 N–H and O–H groups in total. The van der Waals surface area contributed by atoms with Gasteiger partial charge in [-0.2, -0.15) is 5.10 Å². The van der Waals surface area contributed by atoms with Crippen molar-refractivity contribution in [2.45, 2.75) is 20.1 Å². The highest BCUT2D eigenvalue weighted by Crippen LogP contribution is 2.27. The average molecular weight is 363 g/mol. The number of fused-ring (bicyclic) bond motifs is 1. The summed E-state index contributed by atoms with van der Waals surface area (Å²) < 4.78 is 7.09. The predicted octanol–water partition coefficient (Wildman–Crippen LogP) is 3.24. The Balaban J connectivity index is 1.81. The molecule has 0 atom stereocenters. The number of carboxylic acid groups (broad SMARTS) is 1. The van der Waals surface area contributed by atoms with Gasteiger partial charge in [-0.1, -0.05) is 24.3 Å². The maximum absolute atomic E-state index is 11.8. The minimum absolute atomic E-state index is 0.00753. The van der Waals surface area contributed by atoms with E-state index in [2.05, 4.69) is 10.1 Å². The molecule has 0 aliphatic carbocycles. The highest BCUT2D eigenvalue weighted by molar-refractivity contribution is 6.03. The molecule has 7 nitrogen and oxygen atoms in total. The quantitative estimate of drug-likeness (QED) is 0.564. The summed E-state index contributed by atoms with van der Waals surface area (Å²) >= 11 is 0. The number of benzene rings is 1. The minimum Gasteiger partial charge on any atom is -0.478 e. The number of furan rings is 1. The zero-order valence-corrected chi connectivity index (χ0v) is 14.6. The summed E-state index contributed by atoms with van der Waals surface area (Å²) in [6.45, 7) is 2.30. The molecular weight excluding hydrogens is 346 g/mol. The van der Waals surface area contributed by atoms with E-state index in [1.165, 1.54) is 12.3 Å². The van der Waals surface area contributed by atoms with Gasteiger partial charge >= 0.3 is 5.97 Å². The van der Waals surface area contributed by atoms with Crippen LogP contribution in [0.2, 0.25) is 0 Å². The molecule has 0 saturated heterocycles. The second-order valence-corrected chi connectivity index (χ2v) is 6.25. The lowest BCUT2D eigenvalue weighted by Crippen LogP contribution is -2.04. The molecule has 4 aromatic rings. The third kappa shape index (κ3) is 3.09. The van der Waals surface area contributed by atoms with E-state index in [1.54, 1.807) is 16.8 Å². The Kier molecular flexibility index (Phi) is 4.21. The van der Waals surface area contributed by atoms with Gasteiger partial charge in [0.1, 0.15) is 5.69 Å². The maximum atomic E-state index is 11.8. The number of aliphatic hydroxyl groups excluding tert-OH is 1. The zero-order chi connectivity index (χ0) is 19.0. The van der Waals surface area contributed by atoms with E-state index < -0.39 is 5.97 Å². The van der Waals surface area contributed by atoms with Gasteiger partial charge in [-0.3, -0.25) is 4.68 Å². The molecule has 4 rings (SSSR count). The third-order valence-corrected chi connectivity index (χ3v) is 4.51. The van der Waals surface area contributed by atoms with Crippen LogP contribution >= 0.6 is 0 Å². The van der Waals surface area contributed by atoms with Gasteiger partial charge in [-0.15, -0.1) is 0 Å². The van der Waals surface area contributed by atoms with Crippen molar-refractivity contribution in [1.29, 1.82) is 0 Å². The van der Waals surface area contributed by atoms with Gasteiger partial charge in [-0.05, 0) is 36.2 Å². The average Bonchev–Trinajstić information content (AvgIpc) is 3.31. The number of pyridine rings is 1. The fourth-order valence-electron chi connectivity index (χ4n) is 3.08. The first-order valence-corrected chi connectivity index (χ1v) is 8.41. The number of aliphatic hydroxyl groups is 1. The fraction of sp³-hybridized carbons (Fsp3) is 0.150. The Hall–Kier alpha value is -3.45. The number of nitrogens with zero attached hydrogens (tertiary/aromatic N) is 3. The van der Waals surface area contributed by atoms with Crippen LogP contribution in [0.4, 0.5) is 0 Å². The maximum Gasteiger partial charge on any atom is 0.336 e. The van der Waals surface area contributed by atoms with Crippen LogP contribution in [0.5, 0.6) is 0 Å². The number of aromatic carboxylic acids is 1. The molecule has 3 heterocycles. The number of carboxylic acids is 1. The largest absolute Gasteiger partial charge is 0.478 e. The lowest BCUT2D eigenvalue weighted by Gasteiger charge is -2.05. The van der Waals surface area contributed by atoms with Crippen LogP contribution in [-0.4, -0.2) is 30.9 Å². The van der Waals surface area contributed by atoms with E-state index in [4.69, 9.17) is 9.52 Å². The van der Waals surface area contributed by atoms with E-state index in [0.717, 1.165) is 16.8 Å². The molecule has 0 unspecified atom stereocenters. The normalized spacial score (nSPS) is 11.2. The van der Waals surface area contributed by atoms with E-state index in [9.17, 15) is 9.90 Å². The first-order chi connectivity index (χ1) is 13.1. The van der Waals surface area contributed by atoms with Crippen molar-refractivity contribution >= 4 is 17.0 Å². The summed E-state index contributed by atoms with van der Waals surface area (Å²) in [6.07, 6.45) is 1.52. The van der Waals surface area contributed by atoms with Crippen molar-refractivity contribution in [3.63, 3.8) is 0 Å². The Morgan fingerprint density at radius 3 is 2.56 bits per heavy atom. The summed E-state index contributed by atoms with van der Waals surface area (Å²) in [4.78, 5) is 16.3. The summed E-state index contributed by atoms with van der Waals surface area (Å²) in [6, 6.07) is 12.5. The molecule has 0 amide bonds. The molecule has 1 aromatic carbocycles. The van der Waals surface area contributed by atoms with Crippen molar-refractivity contribution in [3.05, 3.63) is 71.1 Å². The Morgan fingerprint density at radius 2 is 1.93 bits per heavy atom. The van der Waals surface area contributed by atoms with Gasteiger partial charge in [0.2, 0.25) is 0 Å². The van der Waals surface area contributed by atoms with Gasteiger partial charge in [0, 0.05) is 5.69 Å². The van der Waals surface area contributed by atoms with Crippen molar-refractivity contribution in [1.82, 2.24) is 14.8 Å². The number of aryl methyl sites for hydroxylation is 1. The lowest BCUT2D eigenvalue weighted by atomic mass is 10.1. The van der Waals surface area contributed by atoms with E-state index in [1.807, 2.05) is 31.2 Å². The third-order valence-electron chi connectivity index (χ3n) is 4.51. The first-order valence-electron chi connectivity index (χ1n) is 8.41. The Bertz CT molecular complexity index is 1110. The highest BCUT2D eigenvalue weighted by Gasteiger charge is 2.20. The van der Waals surface area contributed by atoms with Gasteiger partial charge < -0.3 is 14.6 Å². The Labute approximate surface area is 154 Å². The highest BCUT2D eigenvalue weighted by atomic mass is 16.4. The molecule has 3 aromatic heterocycles. The van der Waals surface area contributed by atoms with Crippen LogP contribution in [0, 0.1) is 6.92 Å². The molecule has 136 valence electrons. The van der Waals surface area contributed by atoms with Crippen molar-refractivity contribution in [2.24, 2.45) is 0 Å². The second kappa shape index (κ2) is 6.69. The van der Waals surface area contributed by atoms with Gasteiger partial charge in [0.25, 0.3) is 0 Å². The molecule has 7 heteroatoms. The van der Waals surface area contributed by atoms with Crippen LogP contribution in [0.3, 0.4) is 0 Å². The van der Waals surface area contributed by atoms with E-state index in [-0.39, 0.29) is 12.2 Å². The molecule has 27 heavy (non-hydrogen) atoms. The van der Waals surface area contributed by atoms with Crippen LogP contribution < -0.4 is 0 Å². The minimum atomic E-state index is -1.04. The number of hydrogen-bond acceptors (Lipinski definition) is 5. The van der Waals surface area contributed by atoms with Crippen LogP contribution in [-0.2, 0) is 13.2 Å². The topological polar surface area (TPSA) is 101 Å². The summed E-state index contributed by atoms with van der Waals surface area (Å²) in [5.41, 5.74) is 3.50.